The fourth-order valence-corrected chi connectivity index (χ4v) is 4.06. The molecule has 0 saturated carbocycles. The van der Waals surface area contributed by atoms with E-state index in [2.05, 4.69) is 16.1 Å². The molecule has 0 unspecified atom stereocenters. The minimum atomic E-state index is -0.230. The molecule has 0 N–H and O–H groups in total. The zero-order valence-electron chi connectivity index (χ0n) is 17.6. The summed E-state index contributed by atoms with van der Waals surface area (Å²) in [5.41, 5.74) is 2.32. The lowest BCUT2D eigenvalue weighted by Crippen LogP contribution is -2.39. The summed E-state index contributed by atoms with van der Waals surface area (Å²) in [5, 5.41) is 14.7. The predicted molar refractivity (Wildman–Crippen MR) is 118 cm³/mol. The third-order valence-electron chi connectivity index (χ3n) is 5.77. The average Bonchev–Trinajstić information content (AvgIpc) is 3.03. The van der Waals surface area contributed by atoms with Gasteiger partial charge in [0.1, 0.15) is 6.54 Å². The third kappa shape index (κ3) is 4.65. The van der Waals surface area contributed by atoms with Crippen molar-refractivity contribution < 1.29 is 4.79 Å². The molecule has 1 amide bonds. The number of benzene rings is 2. The van der Waals surface area contributed by atoms with E-state index in [4.69, 9.17) is 5.26 Å². The molecule has 1 saturated heterocycles. The highest BCUT2D eigenvalue weighted by atomic mass is 16.2. The van der Waals surface area contributed by atoms with Gasteiger partial charge in [0.05, 0.1) is 22.7 Å². The number of nitrogens with zero attached hydrogens (tertiary/aromatic N) is 5. The Labute approximate surface area is 181 Å². The van der Waals surface area contributed by atoms with Gasteiger partial charge < -0.3 is 4.90 Å². The van der Waals surface area contributed by atoms with Crippen LogP contribution in [0.1, 0.15) is 23.2 Å². The first kappa shape index (κ1) is 20.8. The highest BCUT2D eigenvalue weighted by Gasteiger charge is 2.21. The Morgan fingerprint density at radius 2 is 1.77 bits per heavy atom. The second-order valence-corrected chi connectivity index (χ2v) is 7.91. The number of carbonyl (C=O) groups is 1. The quantitative estimate of drug-likeness (QED) is 0.653. The Kier molecular flexibility index (Phi) is 6.10. The summed E-state index contributed by atoms with van der Waals surface area (Å²) in [4.78, 5) is 29.9. The third-order valence-corrected chi connectivity index (χ3v) is 5.77. The summed E-state index contributed by atoms with van der Waals surface area (Å²) in [7, 11) is 0. The van der Waals surface area contributed by atoms with Crippen molar-refractivity contribution in [2.45, 2.75) is 26.4 Å². The number of amides is 1. The number of carbonyl (C=O) groups excluding carboxylic acids is 1. The molecule has 0 atom stereocenters. The van der Waals surface area contributed by atoms with Crippen LogP contribution in [0.3, 0.4) is 0 Å². The van der Waals surface area contributed by atoms with Crippen LogP contribution in [-0.2, 0) is 17.9 Å². The summed E-state index contributed by atoms with van der Waals surface area (Å²) in [6.07, 6.45) is 0.876. The lowest BCUT2D eigenvalue weighted by atomic mass is 10.1. The van der Waals surface area contributed by atoms with Crippen LogP contribution in [0.15, 0.2) is 53.3 Å². The van der Waals surface area contributed by atoms with E-state index < -0.39 is 0 Å². The molecule has 2 heterocycles. The van der Waals surface area contributed by atoms with E-state index in [0.29, 0.717) is 24.0 Å². The maximum Gasteiger partial charge on any atom is 0.275 e. The van der Waals surface area contributed by atoms with Crippen LogP contribution in [-0.4, -0.2) is 51.7 Å². The van der Waals surface area contributed by atoms with Crippen molar-refractivity contribution in [2.75, 3.05) is 26.2 Å². The minimum Gasteiger partial charge on any atom is -0.340 e. The highest BCUT2D eigenvalue weighted by molar-refractivity contribution is 5.83. The SMILES string of the molecule is Cc1nn(CC(=O)N2CCCN(Cc3ccc(C#N)cc3)CC2)c(=O)c2ccccc12. The normalized spacial score (nSPS) is 14.9. The first-order valence-electron chi connectivity index (χ1n) is 10.5. The van der Waals surface area contributed by atoms with Gasteiger partial charge in [0.25, 0.3) is 5.56 Å². The van der Waals surface area contributed by atoms with Crippen LogP contribution in [0.25, 0.3) is 10.8 Å². The van der Waals surface area contributed by atoms with Gasteiger partial charge in [-0.2, -0.15) is 10.4 Å². The number of aromatic nitrogens is 2. The maximum atomic E-state index is 12.9. The molecule has 158 valence electrons. The largest absolute Gasteiger partial charge is 0.340 e. The number of hydrogen-bond donors (Lipinski definition) is 0. The fraction of sp³-hybridized carbons (Fsp3) is 0.333. The molecule has 2 aromatic carbocycles. The second kappa shape index (κ2) is 9.11. The Morgan fingerprint density at radius 3 is 2.52 bits per heavy atom. The second-order valence-electron chi connectivity index (χ2n) is 7.91. The molecular formula is C24H25N5O2. The molecule has 0 bridgehead atoms. The Hall–Kier alpha value is -3.50. The molecule has 4 rings (SSSR count). The predicted octanol–water partition coefficient (Wildman–Crippen LogP) is 2.31. The molecule has 1 aliphatic rings. The first-order valence-corrected chi connectivity index (χ1v) is 10.5. The molecule has 1 fully saturated rings. The molecule has 0 radical (unpaired) electrons. The van der Waals surface area contributed by atoms with Gasteiger partial charge >= 0.3 is 0 Å². The summed E-state index contributed by atoms with van der Waals surface area (Å²) in [6, 6.07) is 17.1. The molecule has 7 heteroatoms. The van der Waals surface area contributed by atoms with Crippen LogP contribution < -0.4 is 5.56 Å². The lowest BCUT2D eigenvalue weighted by Gasteiger charge is -2.22. The molecule has 7 nitrogen and oxygen atoms in total. The molecule has 0 aliphatic carbocycles. The van der Waals surface area contributed by atoms with Crippen molar-refractivity contribution in [1.29, 1.82) is 5.26 Å². The molecule has 0 spiro atoms. The summed E-state index contributed by atoms with van der Waals surface area (Å²) in [6.45, 7) is 5.57. The average molecular weight is 415 g/mol. The maximum absolute atomic E-state index is 12.9. The Bertz CT molecular complexity index is 1190. The van der Waals surface area contributed by atoms with Crippen LogP contribution in [0.5, 0.6) is 0 Å². The monoisotopic (exact) mass is 415 g/mol. The van der Waals surface area contributed by atoms with E-state index >= 15 is 0 Å². The van der Waals surface area contributed by atoms with E-state index in [1.165, 1.54) is 4.68 Å². The number of nitriles is 1. The van der Waals surface area contributed by atoms with Crippen molar-refractivity contribution in [2.24, 2.45) is 0 Å². The van der Waals surface area contributed by atoms with E-state index in [9.17, 15) is 9.59 Å². The number of fused-ring (bicyclic) bond motifs is 1. The Morgan fingerprint density at radius 1 is 1.03 bits per heavy atom. The molecule has 1 aliphatic heterocycles. The zero-order chi connectivity index (χ0) is 21.8. The summed E-state index contributed by atoms with van der Waals surface area (Å²) in [5.74, 6) is -0.0792. The van der Waals surface area contributed by atoms with Gasteiger partial charge in [0.2, 0.25) is 5.91 Å². The van der Waals surface area contributed by atoms with Crippen LogP contribution in [0.4, 0.5) is 0 Å². The summed E-state index contributed by atoms with van der Waals surface area (Å²) >= 11 is 0. The first-order chi connectivity index (χ1) is 15.0. The van der Waals surface area contributed by atoms with Gasteiger partial charge in [-0.25, -0.2) is 4.68 Å². The highest BCUT2D eigenvalue weighted by Crippen LogP contribution is 2.13. The van der Waals surface area contributed by atoms with Gasteiger partial charge in [-0.1, -0.05) is 30.3 Å². The molecule has 3 aromatic rings. The fourth-order valence-electron chi connectivity index (χ4n) is 4.06. The zero-order valence-corrected chi connectivity index (χ0v) is 17.6. The van der Waals surface area contributed by atoms with Crippen LogP contribution in [0, 0.1) is 18.3 Å². The van der Waals surface area contributed by atoms with Gasteiger partial charge in [-0.05, 0) is 37.1 Å². The van der Waals surface area contributed by atoms with E-state index in [0.717, 1.165) is 42.7 Å². The van der Waals surface area contributed by atoms with Gasteiger partial charge in [0.15, 0.2) is 0 Å². The van der Waals surface area contributed by atoms with Crippen molar-refractivity contribution in [3.63, 3.8) is 0 Å². The van der Waals surface area contributed by atoms with Crippen molar-refractivity contribution >= 4 is 16.7 Å². The van der Waals surface area contributed by atoms with E-state index in [1.807, 2.05) is 54.3 Å². The lowest BCUT2D eigenvalue weighted by molar-refractivity contribution is -0.132. The van der Waals surface area contributed by atoms with Gasteiger partial charge in [-0.3, -0.25) is 14.5 Å². The standard InChI is InChI=1S/C24H25N5O2/c1-18-21-5-2-3-6-22(21)24(31)29(26-18)17-23(30)28-12-4-11-27(13-14-28)16-20-9-7-19(15-25)8-10-20/h2-3,5-10H,4,11-14,16-17H2,1H3. The Balaban J connectivity index is 1.41. The van der Waals surface area contributed by atoms with Gasteiger partial charge in [-0.15, -0.1) is 0 Å². The summed E-state index contributed by atoms with van der Waals surface area (Å²) < 4.78 is 1.29. The molecule has 1 aromatic heterocycles. The number of rotatable bonds is 4. The van der Waals surface area contributed by atoms with Crippen molar-refractivity contribution in [3.05, 3.63) is 75.7 Å². The minimum absolute atomic E-state index is 0.0415. The van der Waals surface area contributed by atoms with E-state index in [-0.39, 0.29) is 18.0 Å². The van der Waals surface area contributed by atoms with Gasteiger partial charge in [0, 0.05) is 38.1 Å². The van der Waals surface area contributed by atoms with Crippen LogP contribution in [0.2, 0.25) is 0 Å². The topological polar surface area (TPSA) is 82.2 Å². The smallest absolute Gasteiger partial charge is 0.275 e. The van der Waals surface area contributed by atoms with Crippen molar-refractivity contribution in [1.82, 2.24) is 19.6 Å². The van der Waals surface area contributed by atoms with Crippen LogP contribution >= 0.6 is 0 Å². The number of hydrogen-bond acceptors (Lipinski definition) is 5. The number of aryl methyl sites for hydroxylation is 1. The molecule has 31 heavy (non-hydrogen) atoms. The van der Waals surface area contributed by atoms with E-state index in [1.54, 1.807) is 6.07 Å². The van der Waals surface area contributed by atoms with Crippen molar-refractivity contribution in [3.8, 4) is 6.07 Å². The molecular weight excluding hydrogens is 390 g/mol.